The first-order valence-corrected chi connectivity index (χ1v) is 6.54. The minimum Gasteiger partial charge on any atom is -0.476 e. The van der Waals surface area contributed by atoms with Crippen LogP contribution in [0.5, 0.6) is 0 Å². The van der Waals surface area contributed by atoms with Crippen LogP contribution in [-0.2, 0) is 0 Å². The molecule has 0 atom stereocenters. The summed E-state index contributed by atoms with van der Waals surface area (Å²) in [6, 6.07) is 13.9. The fourth-order valence-electron chi connectivity index (χ4n) is 1.89. The topological polar surface area (TPSA) is 62.2 Å². The molecule has 0 spiro atoms. The molecule has 94 valence electrons. The van der Waals surface area contributed by atoms with Crippen LogP contribution in [0.25, 0.3) is 10.8 Å². The third-order valence-electron chi connectivity index (χ3n) is 2.78. The lowest BCUT2D eigenvalue weighted by Crippen LogP contribution is -2.00. The Labute approximate surface area is 113 Å². The van der Waals surface area contributed by atoms with Gasteiger partial charge in [0, 0.05) is 5.69 Å². The molecule has 2 N–H and O–H groups in total. The van der Waals surface area contributed by atoms with Crippen LogP contribution in [0.1, 0.15) is 10.5 Å². The van der Waals surface area contributed by atoms with Crippen molar-refractivity contribution in [3.63, 3.8) is 0 Å². The molecule has 0 radical (unpaired) electrons. The average Bonchev–Trinajstić information content (AvgIpc) is 2.87. The van der Waals surface area contributed by atoms with Gasteiger partial charge in [0.2, 0.25) is 0 Å². The molecule has 0 aliphatic carbocycles. The van der Waals surface area contributed by atoms with E-state index < -0.39 is 5.97 Å². The molecule has 1 heterocycles. The summed E-state index contributed by atoms with van der Waals surface area (Å²) in [5.41, 5.74) is 2.43. The Morgan fingerprint density at radius 2 is 1.95 bits per heavy atom. The number of thiazole rings is 1. The number of carboxylic acid groups (broad SMARTS) is 1. The molecule has 0 unspecified atom stereocenters. The van der Waals surface area contributed by atoms with E-state index in [9.17, 15) is 4.79 Å². The molecule has 2 aromatic carbocycles. The van der Waals surface area contributed by atoms with Gasteiger partial charge in [0.1, 0.15) is 5.00 Å². The van der Waals surface area contributed by atoms with Crippen molar-refractivity contribution in [2.45, 2.75) is 0 Å². The lowest BCUT2D eigenvalue weighted by molar-refractivity contribution is 0.0692. The second-order valence-corrected chi connectivity index (χ2v) is 4.88. The molecule has 19 heavy (non-hydrogen) atoms. The van der Waals surface area contributed by atoms with Crippen molar-refractivity contribution in [1.82, 2.24) is 4.98 Å². The molecule has 1 aromatic heterocycles. The SMILES string of the molecule is O=C(O)c1ncsc1Nc1ccc2ccccc2c1. The van der Waals surface area contributed by atoms with Crippen molar-refractivity contribution in [3.05, 3.63) is 53.7 Å². The number of hydrogen-bond donors (Lipinski definition) is 2. The molecule has 3 aromatic rings. The summed E-state index contributed by atoms with van der Waals surface area (Å²) < 4.78 is 0. The standard InChI is InChI=1S/C14H10N2O2S/c17-14(18)12-13(19-8-15-12)16-11-6-5-9-3-1-2-4-10(9)7-11/h1-8,16H,(H,17,18). The maximum absolute atomic E-state index is 11.0. The maximum atomic E-state index is 11.0. The highest BCUT2D eigenvalue weighted by Crippen LogP contribution is 2.27. The smallest absolute Gasteiger partial charge is 0.357 e. The molecule has 0 bridgehead atoms. The molecular weight excluding hydrogens is 260 g/mol. The van der Waals surface area contributed by atoms with Gasteiger partial charge < -0.3 is 10.4 Å². The number of hydrogen-bond acceptors (Lipinski definition) is 4. The molecular formula is C14H10N2O2S. The Morgan fingerprint density at radius 3 is 2.74 bits per heavy atom. The van der Waals surface area contributed by atoms with E-state index in [1.165, 1.54) is 16.8 Å². The minimum atomic E-state index is -1.02. The van der Waals surface area contributed by atoms with Gasteiger partial charge in [-0.05, 0) is 22.9 Å². The quantitative estimate of drug-likeness (QED) is 0.761. The number of benzene rings is 2. The predicted octanol–water partition coefficient (Wildman–Crippen LogP) is 3.74. The summed E-state index contributed by atoms with van der Waals surface area (Å²) in [6.45, 7) is 0. The van der Waals surface area contributed by atoms with Gasteiger partial charge in [0.25, 0.3) is 0 Å². The fourth-order valence-corrected chi connectivity index (χ4v) is 2.58. The number of anilines is 2. The van der Waals surface area contributed by atoms with Crippen LogP contribution in [0.2, 0.25) is 0 Å². The Morgan fingerprint density at radius 1 is 1.16 bits per heavy atom. The monoisotopic (exact) mass is 270 g/mol. The molecule has 5 heteroatoms. The third kappa shape index (κ3) is 2.28. The summed E-state index contributed by atoms with van der Waals surface area (Å²) in [7, 11) is 0. The van der Waals surface area contributed by atoms with E-state index in [1.54, 1.807) is 0 Å². The van der Waals surface area contributed by atoms with Crippen molar-refractivity contribution in [1.29, 1.82) is 0 Å². The van der Waals surface area contributed by atoms with Crippen molar-refractivity contribution in [2.75, 3.05) is 5.32 Å². The number of nitrogens with zero attached hydrogens (tertiary/aromatic N) is 1. The van der Waals surface area contributed by atoms with Crippen LogP contribution in [0.3, 0.4) is 0 Å². The molecule has 0 aliphatic rings. The normalized spacial score (nSPS) is 10.5. The van der Waals surface area contributed by atoms with Gasteiger partial charge in [-0.3, -0.25) is 0 Å². The fraction of sp³-hybridized carbons (Fsp3) is 0. The van der Waals surface area contributed by atoms with E-state index in [1.807, 2.05) is 42.5 Å². The number of nitrogens with one attached hydrogen (secondary N) is 1. The van der Waals surface area contributed by atoms with Crippen molar-refractivity contribution in [2.24, 2.45) is 0 Å². The predicted molar refractivity (Wildman–Crippen MR) is 76.3 cm³/mol. The molecule has 0 amide bonds. The van der Waals surface area contributed by atoms with Crippen LogP contribution in [0.15, 0.2) is 48.0 Å². The number of aromatic nitrogens is 1. The third-order valence-corrected chi connectivity index (χ3v) is 3.52. The number of carboxylic acids is 1. The van der Waals surface area contributed by atoms with Gasteiger partial charge in [-0.25, -0.2) is 9.78 Å². The lowest BCUT2D eigenvalue weighted by atomic mass is 10.1. The first-order valence-electron chi connectivity index (χ1n) is 5.66. The number of carbonyl (C=O) groups is 1. The van der Waals surface area contributed by atoms with Gasteiger partial charge in [-0.1, -0.05) is 30.3 Å². The first kappa shape index (κ1) is 11.7. The van der Waals surface area contributed by atoms with Crippen LogP contribution in [0, 0.1) is 0 Å². The van der Waals surface area contributed by atoms with Crippen LogP contribution < -0.4 is 5.32 Å². The zero-order valence-electron chi connectivity index (χ0n) is 9.83. The Bertz CT molecular complexity index is 752. The molecule has 4 nitrogen and oxygen atoms in total. The van der Waals surface area contributed by atoms with E-state index in [0.29, 0.717) is 5.00 Å². The Hall–Kier alpha value is -2.40. The Kier molecular flexibility index (Phi) is 2.89. The number of rotatable bonds is 3. The zero-order valence-corrected chi connectivity index (χ0v) is 10.6. The summed E-state index contributed by atoms with van der Waals surface area (Å²) >= 11 is 1.28. The highest BCUT2D eigenvalue weighted by molar-refractivity contribution is 7.14. The minimum absolute atomic E-state index is 0.0539. The second kappa shape index (κ2) is 4.70. The lowest BCUT2D eigenvalue weighted by Gasteiger charge is -2.06. The first-order chi connectivity index (χ1) is 9.24. The van der Waals surface area contributed by atoms with E-state index in [2.05, 4.69) is 10.3 Å². The zero-order chi connectivity index (χ0) is 13.2. The van der Waals surface area contributed by atoms with Crippen LogP contribution in [0.4, 0.5) is 10.7 Å². The van der Waals surface area contributed by atoms with E-state index in [4.69, 9.17) is 5.11 Å². The Balaban J connectivity index is 1.97. The summed E-state index contributed by atoms with van der Waals surface area (Å²) in [4.78, 5) is 14.8. The van der Waals surface area contributed by atoms with Crippen molar-refractivity contribution in [3.8, 4) is 0 Å². The largest absolute Gasteiger partial charge is 0.476 e. The van der Waals surface area contributed by atoms with Gasteiger partial charge in [0.05, 0.1) is 5.51 Å². The summed E-state index contributed by atoms with van der Waals surface area (Å²) in [5.74, 6) is -1.02. The van der Waals surface area contributed by atoms with Gasteiger partial charge in [0.15, 0.2) is 5.69 Å². The van der Waals surface area contributed by atoms with Gasteiger partial charge >= 0.3 is 5.97 Å². The van der Waals surface area contributed by atoms with Crippen LogP contribution >= 0.6 is 11.3 Å². The highest BCUT2D eigenvalue weighted by atomic mass is 32.1. The van der Waals surface area contributed by atoms with E-state index in [0.717, 1.165) is 16.5 Å². The highest BCUT2D eigenvalue weighted by Gasteiger charge is 2.13. The number of fused-ring (bicyclic) bond motifs is 1. The van der Waals surface area contributed by atoms with Gasteiger partial charge in [-0.2, -0.15) is 0 Å². The maximum Gasteiger partial charge on any atom is 0.357 e. The van der Waals surface area contributed by atoms with Crippen LogP contribution in [-0.4, -0.2) is 16.1 Å². The molecule has 0 saturated carbocycles. The second-order valence-electron chi connectivity index (χ2n) is 4.02. The van der Waals surface area contributed by atoms with Crippen molar-refractivity contribution >= 4 is 38.8 Å². The summed E-state index contributed by atoms with van der Waals surface area (Å²) in [5, 5.41) is 14.9. The summed E-state index contributed by atoms with van der Waals surface area (Å²) in [6.07, 6.45) is 0. The van der Waals surface area contributed by atoms with Crippen molar-refractivity contribution < 1.29 is 9.90 Å². The molecule has 3 rings (SSSR count). The average molecular weight is 270 g/mol. The number of aromatic carboxylic acids is 1. The molecule has 0 aliphatic heterocycles. The van der Waals surface area contributed by atoms with E-state index >= 15 is 0 Å². The van der Waals surface area contributed by atoms with E-state index in [-0.39, 0.29) is 5.69 Å². The van der Waals surface area contributed by atoms with Gasteiger partial charge in [-0.15, -0.1) is 11.3 Å². The molecule has 0 saturated heterocycles. The molecule has 0 fully saturated rings.